The van der Waals surface area contributed by atoms with Crippen molar-refractivity contribution in [2.45, 2.75) is 25.7 Å². The number of aromatic amines is 1. The van der Waals surface area contributed by atoms with E-state index in [-0.39, 0.29) is 11.0 Å². The highest BCUT2D eigenvalue weighted by molar-refractivity contribution is 6.05. The number of likely N-dealkylation sites (N-methyl/N-ethyl adjacent to an activating group) is 1. The predicted molar refractivity (Wildman–Crippen MR) is 89.6 cm³/mol. The van der Waals surface area contributed by atoms with Crippen molar-refractivity contribution in [3.05, 3.63) is 35.3 Å². The molecule has 3 aromatic rings. The maximum Gasteiger partial charge on any atom is 0.251 e. The number of nitrogens with one attached hydrogen (secondary N) is 1. The quantitative estimate of drug-likeness (QED) is 0.772. The summed E-state index contributed by atoms with van der Waals surface area (Å²) >= 11 is 0. The normalized spacial score (nSPS) is 22.0. The van der Waals surface area contributed by atoms with Gasteiger partial charge in [-0.2, -0.15) is 5.10 Å². The van der Waals surface area contributed by atoms with E-state index >= 15 is 0 Å². The minimum atomic E-state index is -0.665. The van der Waals surface area contributed by atoms with Crippen LogP contribution < -0.4 is 5.73 Å². The van der Waals surface area contributed by atoms with Crippen LogP contribution in [0.1, 0.15) is 36.2 Å². The summed E-state index contributed by atoms with van der Waals surface area (Å²) < 4.78 is 15.5. The summed E-state index contributed by atoms with van der Waals surface area (Å²) in [6, 6.07) is 2.53. The van der Waals surface area contributed by atoms with E-state index in [1.807, 2.05) is 6.20 Å². The Kier molecular flexibility index (Phi) is 3.18. The second-order valence-electron chi connectivity index (χ2n) is 6.84. The number of H-pyrrole nitrogens is 1. The number of nitrogens with zero attached hydrogens (tertiary/aromatic N) is 3. The van der Waals surface area contributed by atoms with Crippen LogP contribution in [0.4, 0.5) is 4.39 Å². The van der Waals surface area contributed by atoms with Gasteiger partial charge in [-0.1, -0.05) is 13.8 Å². The van der Waals surface area contributed by atoms with Crippen molar-refractivity contribution in [1.29, 1.82) is 0 Å². The number of rotatable bonds is 3. The molecule has 4 rings (SSSR count). The zero-order valence-corrected chi connectivity index (χ0v) is 13.8. The van der Waals surface area contributed by atoms with Gasteiger partial charge in [0.15, 0.2) is 0 Å². The molecule has 3 N–H and O–H groups in total. The third-order valence-electron chi connectivity index (χ3n) is 5.22. The first-order valence-electron chi connectivity index (χ1n) is 8.14. The lowest BCUT2D eigenvalue weighted by molar-refractivity contribution is 0.100. The maximum absolute atomic E-state index is 13.8. The first-order chi connectivity index (χ1) is 11.4. The topological polar surface area (TPSA) is 79.4 Å². The molecule has 1 aliphatic heterocycles. The molecule has 3 heterocycles. The summed E-state index contributed by atoms with van der Waals surface area (Å²) in [6.45, 7) is 7.40. The SMILES string of the molecule is CCN1CCC(C)(c2cnn3c2[nH]c2cc(F)cc(C(N)=O)c23)C1. The highest BCUT2D eigenvalue weighted by Gasteiger charge is 2.37. The molecular weight excluding hydrogens is 309 g/mol. The molecule has 0 bridgehead atoms. The number of primary amides is 1. The van der Waals surface area contributed by atoms with Crippen molar-refractivity contribution < 1.29 is 9.18 Å². The number of amides is 1. The molecule has 6 nitrogen and oxygen atoms in total. The summed E-state index contributed by atoms with van der Waals surface area (Å²) in [5.74, 6) is -1.16. The van der Waals surface area contributed by atoms with E-state index in [1.165, 1.54) is 6.07 Å². The van der Waals surface area contributed by atoms with E-state index in [0.717, 1.165) is 43.3 Å². The van der Waals surface area contributed by atoms with Crippen molar-refractivity contribution in [2.24, 2.45) is 5.73 Å². The lowest BCUT2D eigenvalue weighted by Crippen LogP contribution is -2.28. The van der Waals surface area contributed by atoms with Gasteiger partial charge >= 0.3 is 0 Å². The summed E-state index contributed by atoms with van der Waals surface area (Å²) in [5, 5.41) is 4.46. The Morgan fingerprint density at radius 2 is 2.29 bits per heavy atom. The summed E-state index contributed by atoms with van der Waals surface area (Å²) in [6.07, 6.45) is 2.88. The van der Waals surface area contributed by atoms with Crippen LogP contribution in [0.5, 0.6) is 0 Å². The van der Waals surface area contributed by atoms with Gasteiger partial charge in [0.25, 0.3) is 5.91 Å². The van der Waals surface area contributed by atoms with E-state index < -0.39 is 11.7 Å². The van der Waals surface area contributed by atoms with Crippen LogP contribution in [0.25, 0.3) is 16.7 Å². The van der Waals surface area contributed by atoms with Crippen molar-refractivity contribution in [2.75, 3.05) is 19.6 Å². The Hall–Kier alpha value is -2.41. The maximum atomic E-state index is 13.8. The van der Waals surface area contributed by atoms with Crippen LogP contribution in [0.3, 0.4) is 0 Å². The molecule has 126 valence electrons. The third-order valence-corrected chi connectivity index (χ3v) is 5.22. The van der Waals surface area contributed by atoms with Crippen LogP contribution in [0.2, 0.25) is 0 Å². The zero-order valence-electron chi connectivity index (χ0n) is 13.8. The standard InChI is InChI=1S/C17H20FN5O/c1-3-22-5-4-17(2,9-22)12-8-20-23-14-11(15(19)24)6-10(18)7-13(14)21-16(12)23/h6-8,21H,3-5,9H2,1-2H3,(H2,19,24). The van der Waals surface area contributed by atoms with Crippen LogP contribution >= 0.6 is 0 Å². The molecule has 1 fully saturated rings. The Balaban J connectivity index is 1.95. The molecule has 1 amide bonds. The molecule has 2 aromatic heterocycles. The number of carbonyl (C=O) groups is 1. The van der Waals surface area contributed by atoms with Crippen molar-refractivity contribution in [3.63, 3.8) is 0 Å². The predicted octanol–water partition coefficient (Wildman–Crippen LogP) is 2.04. The van der Waals surface area contributed by atoms with Gasteiger partial charge < -0.3 is 15.6 Å². The minimum absolute atomic E-state index is 0.0237. The minimum Gasteiger partial charge on any atom is -0.366 e. The van der Waals surface area contributed by atoms with E-state index in [0.29, 0.717) is 11.0 Å². The van der Waals surface area contributed by atoms with Crippen molar-refractivity contribution in [3.8, 4) is 0 Å². The number of hydrogen-bond donors (Lipinski definition) is 2. The van der Waals surface area contributed by atoms with Gasteiger partial charge in [0.1, 0.15) is 17.0 Å². The number of hydrogen-bond acceptors (Lipinski definition) is 3. The molecular formula is C17H20FN5O. The fraction of sp³-hybridized carbons (Fsp3) is 0.412. The number of likely N-dealkylation sites (tertiary alicyclic amines) is 1. The third kappa shape index (κ3) is 2.04. The Bertz CT molecular complexity index is 959. The molecule has 0 saturated carbocycles. The highest BCUT2D eigenvalue weighted by Crippen LogP contribution is 2.37. The van der Waals surface area contributed by atoms with Crippen molar-refractivity contribution >= 4 is 22.6 Å². The number of halogens is 1. The largest absolute Gasteiger partial charge is 0.366 e. The number of aromatic nitrogens is 3. The molecule has 1 unspecified atom stereocenters. The van der Waals surface area contributed by atoms with Gasteiger partial charge in [-0.05, 0) is 31.6 Å². The van der Waals surface area contributed by atoms with Crippen LogP contribution in [0.15, 0.2) is 18.3 Å². The summed E-state index contributed by atoms with van der Waals surface area (Å²) in [4.78, 5) is 17.3. The van der Waals surface area contributed by atoms with E-state index in [9.17, 15) is 9.18 Å². The lowest BCUT2D eigenvalue weighted by Gasteiger charge is -2.23. The van der Waals surface area contributed by atoms with Gasteiger partial charge in [0.05, 0.1) is 17.3 Å². The van der Waals surface area contributed by atoms with Crippen LogP contribution in [-0.4, -0.2) is 45.0 Å². The average molecular weight is 329 g/mol. The number of benzene rings is 1. The molecule has 0 aliphatic carbocycles. The van der Waals surface area contributed by atoms with Gasteiger partial charge in [0, 0.05) is 17.5 Å². The molecule has 1 aromatic carbocycles. The van der Waals surface area contributed by atoms with Crippen LogP contribution in [0, 0.1) is 5.82 Å². The average Bonchev–Trinajstić information content (AvgIpc) is 3.19. The zero-order chi connectivity index (χ0) is 17.1. The first kappa shape index (κ1) is 15.1. The molecule has 24 heavy (non-hydrogen) atoms. The monoisotopic (exact) mass is 329 g/mol. The van der Waals surface area contributed by atoms with E-state index in [2.05, 4.69) is 28.8 Å². The number of fused-ring (bicyclic) bond motifs is 3. The second kappa shape index (κ2) is 5.04. The summed E-state index contributed by atoms with van der Waals surface area (Å²) in [5.41, 5.74) is 8.49. The number of carbonyl (C=O) groups excluding carboxylic acids is 1. The summed E-state index contributed by atoms with van der Waals surface area (Å²) in [7, 11) is 0. The molecule has 1 aliphatic rings. The Morgan fingerprint density at radius 3 is 2.96 bits per heavy atom. The molecule has 0 spiro atoms. The van der Waals surface area contributed by atoms with Crippen molar-refractivity contribution in [1.82, 2.24) is 19.5 Å². The van der Waals surface area contributed by atoms with E-state index in [4.69, 9.17) is 5.73 Å². The van der Waals surface area contributed by atoms with Gasteiger partial charge in [-0.3, -0.25) is 4.79 Å². The molecule has 0 radical (unpaired) electrons. The number of imidazole rings is 1. The molecule has 1 atom stereocenters. The van der Waals surface area contributed by atoms with Crippen LogP contribution in [-0.2, 0) is 5.41 Å². The highest BCUT2D eigenvalue weighted by atomic mass is 19.1. The molecule has 1 saturated heterocycles. The molecule has 7 heteroatoms. The fourth-order valence-corrected chi connectivity index (χ4v) is 3.86. The smallest absolute Gasteiger partial charge is 0.251 e. The first-order valence-corrected chi connectivity index (χ1v) is 8.14. The second-order valence-corrected chi connectivity index (χ2v) is 6.84. The lowest BCUT2D eigenvalue weighted by atomic mass is 9.83. The Labute approximate surface area is 138 Å². The fourth-order valence-electron chi connectivity index (χ4n) is 3.86. The van der Waals surface area contributed by atoms with E-state index in [1.54, 1.807) is 4.52 Å². The Morgan fingerprint density at radius 1 is 1.50 bits per heavy atom. The van der Waals surface area contributed by atoms with Gasteiger partial charge in [-0.25, -0.2) is 8.91 Å². The van der Waals surface area contributed by atoms with Gasteiger partial charge in [0.2, 0.25) is 0 Å². The number of nitrogens with two attached hydrogens (primary N) is 1. The van der Waals surface area contributed by atoms with Gasteiger partial charge in [-0.15, -0.1) is 0 Å².